The summed E-state index contributed by atoms with van der Waals surface area (Å²) in [5, 5.41) is 0. The second kappa shape index (κ2) is 8.12. The highest BCUT2D eigenvalue weighted by atomic mass is 32.2. The Kier molecular flexibility index (Phi) is 6.12. The number of nitrogens with one attached hydrogen (secondary N) is 1. The second-order valence-electron chi connectivity index (χ2n) is 7.18. The minimum Gasteiger partial charge on any atom is -0.340 e. The topological polar surface area (TPSA) is 73.0 Å². The molecule has 138 valence electrons. The number of hydrogen-bond donors (Lipinski definition) is 1. The summed E-state index contributed by atoms with van der Waals surface area (Å²) in [6.45, 7) is 4.85. The van der Waals surface area contributed by atoms with Gasteiger partial charge in [-0.15, -0.1) is 0 Å². The maximum absolute atomic E-state index is 12.4. The minimum absolute atomic E-state index is 0.0927. The van der Waals surface area contributed by atoms with Gasteiger partial charge in [-0.2, -0.15) is 17.4 Å². The van der Waals surface area contributed by atoms with Crippen LogP contribution >= 0.6 is 0 Å². The van der Waals surface area contributed by atoms with Crippen molar-refractivity contribution >= 4 is 16.1 Å². The van der Waals surface area contributed by atoms with Crippen LogP contribution < -0.4 is 4.72 Å². The number of nitrogens with zero attached hydrogens (tertiary/aromatic N) is 3. The molecule has 0 radical (unpaired) electrons. The zero-order chi connectivity index (χ0) is 17.0. The summed E-state index contributed by atoms with van der Waals surface area (Å²) in [6.07, 6.45) is 7.10. The van der Waals surface area contributed by atoms with Crippen LogP contribution in [0.3, 0.4) is 0 Å². The van der Waals surface area contributed by atoms with Crippen molar-refractivity contribution in [3.63, 3.8) is 0 Å². The molecule has 3 aliphatic rings. The van der Waals surface area contributed by atoms with Crippen LogP contribution in [0.25, 0.3) is 0 Å². The molecule has 0 unspecified atom stereocenters. The summed E-state index contributed by atoms with van der Waals surface area (Å²) < 4.78 is 29.2. The Morgan fingerprint density at radius 3 is 2.17 bits per heavy atom. The first-order valence-electron chi connectivity index (χ1n) is 9.32. The fourth-order valence-electron chi connectivity index (χ4n) is 3.92. The Labute approximate surface area is 145 Å². The highest BCUT2D eigenvalue weighted by Crippen LogP contribution is 2.19. The highest BCUT2D eigenvalue weighted by Gasteiger charge is 2.31. The zero-order valence-corrected chi connectivity index (χ0v) is 15.3. The fraction of sp³-hybridized carbons (Fsp3) is 0.938. The van der Waals surface area contributed by atoms with Crippen molar-refractivity contribution in [2.45, 2.75) is 51.0 Å². The van der Waals surface area contributed by atoms with E-state index in [2.05, 4.69) is 9.62 Å². The predicted molar refractivity (Wildman–Crippen MR) is 92.8 cm³/mol. The van der Waals surface area contributed by atoms with Gasteiger partial charge in [0.2, 0.25) is 5.91 Å². The number of rotatable bonds is 6. The van der Waals surface area contributed by atoms with Gasteiger partial charge in [0, 0.05) is 45.2 Å². The fourth-order valence-corrected chi connectivity index (χ4v) is 5.37. The van der Waals surface area contributed by atoms with E-state index in [-0.39, 0.29) is 11.9 Å². The molecule has 24 heavy (non-hydrogen) atoms. The largest absolute Gasteiger partial charge is 0.340 e. The molecule has 1 aliphatic carbocycles. The van der Waals surface area contributed by atoms with Crippen molar-refractivity contribution in [1.82, 2.24) is 18.8 Å². The Morgan fingerprint density at radius 2 is 1.54 bits per heavy atom. The molecule has 0 aromatic carbocycles. The lowest BCUT2D eigenvalue weighted by Crippen LogP contribution is -2.54. The number of hydrogen-bond acceptors (Lipinski definition) is 4. The first-order chi connectivity index (χ1) is 11.5. The van der Waals surface area contributed by atoms with Crippen molar-refractivity contribution in [3.8, 4) is 0 Å². The van der Waals surface area contributed by atoms with Crippen LogP contribution in [0.5, 0.6) is 0 Å². The van der Waals surface area contributed by atoms with Crippen molar-refractivity contribution in [3.05, 3.63) is 0 Å². The quantitative estimate of drug-likeness (QED) is 0.746. The van der Waals surface area contributed by atoms with Crippen LogP contribution in [-0.4, -0.2) is 80.3 Å². The van der Waals surface area contributed by atoms with Crippen molar-refractivity contribution in [1.29, 1.82) is 0 Å². The zero-order valence-electron chi connectivity index (χ0n) is 14.5. The Hall–Kier alpha value is -0.700. The highest BCUT2D eigenvalue weighted by molar-refractivity contribution is 7.87. The molecule has 1 N–H and O–H groups in total. The van der Waals surface area contributed by atoms with E-state index < -0.39 is 10.2 Å². The third-order valence-electron chi connectivity index (χ3n) is 5.44. The van der Waals surface area contributed by atoms with E-state index in [1.165, 1.54) is 17.1 Å². The molecule has 3 rings (SSSR count). The first-order valence-corrected chi connectivity index (χ1v) is 10.8. The summed E-state index contributed by atoms with van der Waals surface area (Å²) in [4.78, 5) is 16.5. The number of carbonyl (C=O) groups is 1. The molecule has 2 saturated heterocycles. The van der Waals surface area contributed by atoms with Crippen molar-refractivity contribution < 1.29 is 13.2 Å². The van der Waals surface area contributed by atoms with E-state index >= 15 is 0 Å². The molecule has 1 saturated carbocycles. The molecule has 0 aromatic rings. The summed E-state index contributed by atoms with van der Waals surface area (Å²) in [7, 11) is -3.40. The molecular formula is C16H30N4O3S. The smallest absolute Gasteiger partial charge is 0.279 e. The van der Waals surface area contributed by atoms with Gasteiger partial charge >= 0.3 is 0 Å². The van der Waals surface area contributed by atoms with E-state index in [4.69, 9.17) is 0 Å². The molecular weight excluding hydrogens is 328 g/mol. The van der Waals surface area contributed by atoms with E-state index in [1.807, 2.05) is 4.90 Å². The molecule has 2 aliphatic heterocycles. The standard InChI is InChI=1S/C16H30N4O3S/c21-16(7-10-18-8-3-4-9-18)19-11-13-20(14-12-19)24(22,23)17-15-5-1-2-6-15/h15,17H,1-14H2. The van der Waals surface area contributed by atoms with E-state index in [0.717, 1.165) is 45.3 Å². The lowest BCUT2D eigenvalue weighted by atomic mass is 10.3. The van der Waals surface area contributed by atoms with Gasteiger partial charge in [0.15, 0.2) is 0 Å². The summed E-state index contributed by atoms with van der Waals surface area (Å²) >= 11 is 0. The number of likely N-dealkylation sites (tertiary alicyclic amines) is 1. The average Bonchev–Trinajstić information content (AvgIpc) is 3.26. The van der Waals surface area contributed by atoms with Gasteiger partial charge in [-0.05, 0) is 38.8 Å². The lowest BCUT2D eigenvalue weighted by Gasteiger charge is -2.34. The summed E-state index contributed by atoms with van der Waals surface area (Å²) in [5.74, 6) is 0.155. The number of piperazine rings is 1. The number of amides is 1. The molecule has 2 heterocycles. The van der Waals surface area contributed by atoms with Crippen LogP contribution in [0, 0.1) is 0 Å². The second-order valence-corrected chi connectivity index (χ2v) is 8.89. The lowest BCUT2D eigenvalue weighted by molar-refractivity contribution is -0.132. The minimum atomic E-state index is -3.40. The van der Waals surface area contributed by atoms with Gasteiger partial charge in [0.05, 0.1) is 0 Å². The van der Waals surface area contributed by atoms with Crippen molar-refractivity contribution in [2.24, 2.45) is 0 Å². The molecule has 8 heteroatoms. The Bertz CT molecular complexity index is 519. The van der Waals surface area contributed by atoms with Gasteiger partial charge in [-0.1, -0.05) is 12.8 Å². The van der Waals surface area contributed by atoms with Crippen LogP contribution in [0.15, 0.2) is 0 Å². The van der Waals surface area contributed by atoms with Gasteiger partial charge in [-0.3, -0.25) is 4.79 Å². The van der Waals surface area contributed by atoms with Gasteiger partial charge in [0.25, 0.3) is 10.2 Å². The van der Waals surface area contributed by atoms with E-state index in [9.17, 15) is 13.2 Å². The Balaban J connectivity index is 1.41. The Morgan fingerprint density at radius 1 is 0.917 bits per heavy atom. The SMILES string of the molecule is O=C(CCN1CCCC1)N1CCN(S(=O)(=O)NC2CCCC2)CC1. The maximum Gasteiger partial charge on any atom is 0.279 e. The van der Waals surface area contributed by atoms with Crippen LogP contribution in [0.1, 0.15) is 44.9 Å². The predicted octanol–water partition coefficient (Wildman–Crippen LogP) is 0.394. The molecule has 0 spiro atoms. The first kappa shape index (κ1) is 18.1. The molecule has 0 bridgehead atoms. The molecule has 3 fully saturated rings. The molecule has 0 aromatic heterocycles. The number of carbonyl (C=O) groups excluding carboxylic acids is 1. The van der Waals surface area contributed by atoms with Gasteiger partial charge < -0.3 is 9.80 Å². The maximum atomic E-state index is 12.4. The summed E-state index contributed by atoms with van der Waals surface area (Å²) in [5.41, 5.74) is 0. The molecule has 7 nitrogen and oxygen atoms in total. The van der Waals surface area contributed by atoms with E-state index in [1.54, 1.807) is 0 Å². The monoisotopic (exact) mass is 358 g/mol. The van der Waals surface area contributed by atoms with Crippen molar-refractivity contribution in [2.75, 3.05) is 45.8 Å². The van der Waals surface area contributed by atoms with Crippen LogP contribution in [-0.2, 0) is 15.0 Å². The van der Waals surface area contributed by atoms with Gasteiger partial charge in [0.1, 0.15) is 0 Å². The molecule has 1 amide bonds. The molecule has 0 atom stereocenters. The van der Waals surface area contributed by atoms with E-state index in [0.29, 0.717) is 32.6 Å². The third kappa shape index (κ3) is 4.68. The van der Waals surface area contributed by atoms with Gasteiger partial charge in [-0.25, -0.2) is 0 Å². The normalized spacial score (nSPS) is 24.8. The average molecular weight is 359 g/mol. The van der Waals surface area contributed by atoms with Crippen LogP contribution in [0.4, 0.5) is 0 Å². The summed E-state index contributed by atoms with van der Waals surface area (Å²) in [6, 6.07) is 0.0927. The third-order valence-corrected chi connectivity index (χ3v) is 7.12. The van der Waals surface area contributed by atoms with Crippen LogP contribution in [0.2, 0.25) is 0 Å².